The molecule has 0 bridgehead atoms. The summed E-state index contributed by atoms with van der Waals surface area (Å²) in [5, 5.41) is 0. The summed E-state index contributed by atoms with van der Waals surface area (Å²) < 4.78 is 0. The van der Waals surface area contributed by atoms with E-state index in [2.05, 4.69) is 269 Å². The number of para-hydroxylation sites is 1. The molecule has 0 fully saturated rings. The van der Waals surface area contributed by atoms with Crippen LogP contribution >= 0.6 is 0 Å². The standard InChI is InChI=1S/2C33H25N/c1-34(2)31-21-10-6-15-25(31)27-17-11-16-26-24-14-5-9-20-30(24)33(32(26)27)28-18-7-3-12-22(28)23-13-4-8-19-29(23)33;1-34(2)23-12-9-11-22(21-23)24-16-10-17-28-27-15-5-8-20-31(27)33(32(24)28)29-18-6-3-13-25(29)26-14-4-7-19-30(26)33/h2*3-21H,1-2H3. The van der Waals surface area contributed by atoms with Gasteiger partial charge in [-0.2, -0.15) is 0 Å². The van der Waals surface area contributed by atoms with Crippen molar-refractivity contribution in [2.45, 2.75) is 10.8 Å². The van der Waals surface area contributed by atoms with Crippen molar-refractivity contribution in [3.05, 3.63) is 275 Å². The average Bonchev–Trinajstić information content (AvgIpc) is 4.08. The van der Waals surface area contributed by atoms with E-state index in [0.29, 0.717) is 0 Å². The van der Waals surface area contributed by atoms with Gasteiger partial charge in [0.05, 0.1) is 10.8 Å². The maximum Gasteiger partial charge on any atom is 0.0731 e. The van der Waals surface area contributed by atoms with Gasteiger partial charge in [0.2, 0.25) is 0 Å². The van der Waals surface area contributed by atoms with Gasteiger partial charge < -0.3 is 9.80 Å². The molecule has 14 rings (SSSR count). The predicted octanol–water partition coefficient (Wildman–Crippen LogP) is 15.5. The molecule has 10 aromatic rings. The van der Waals surface area contributed by atoms with Crippen LogP contribution in [0.2, 0.25) is 0 Å². The third-order valence-corrected chi connectivity index (χ3v) is 15.4. The highest BCUT2D eigenvalue weighted by atomic mass is 15.1. The van der Waals surface area contributed by atoms with Crippen LogP contribution in [0.25, 0.3) is 66.8 Å². The molecule has 68 heavy (non-hydrogen) atoms. The Morgan fingerprint density at radius 1 is 0.250 bits per heavy atom. The van der Waals surface area contributed by atoms with E-state index in [9.17, 15) is 0 Å². The van der Waals surface area contributed by atoms with Gasteiger partial charge in [0, 0.05) is 45.1 Å². The molecule has 0 saturated carbocycles. The van der Waals surface area contributed by atoms with Crippen molar-refractivity contribution in [1.29, 1.82) is 0 Å². The zero-order valence-electron chi connectivity index (χ0n) is 38.8. The lowest BCUT2D eigenvalue weighted by Crippen LogP contribution is -2.26. The fraction of sp³-hybridized carbons (Fsp3) is 0.0909. The largest absolute Gasteiger partial charge is 0.378 e. The minimum absolute atomic E-state index is 0.316. The molecule has 0 aliphatic heterocycles. The highest BCUT2D eigenvalue weighted by Crippen LogP contribution is 2.66. The van der Waals surface area contributed by atoms with E-state index in [0.717, 1.165) is 0 Å². The molecule has 2 nitrogen and oxygen atoms in total. The van der Waals surface area contributed by atoms with E-state index in [1.54, 1.807) is 0 Å². The number of nitrogens with zero attached hydrogens (tertiary/aromatic N) is 2. The number of rotatable bonds is 4. The Morgan fingerprint density at radius 3 is 0.941 bits per heavy atom. The average molecular weight is 871 g/mol. The van der Waals surface area contributed by atoms with Crippen LogP contribution in [-0.2, 0) is 10.8 Å². The fourth-order valence-corrected chi connectivity index (χ4v) is 12.8. The van der Waals surface area contributed by atoms with E-state index < -0.39 is 0 Å². The van der Waals surface area contributed by atoms with Crippen LogP contribution in [-0.4, -0.2) is 28.2 Å². The highest BCUT2D eigenvalue weighted by molar-refractivity contribution is 6.01. The molecule has 0 heterocycles. The topological polar surface area (TPSA) is 6.48 Å². The van der Waals surface area contributed by atoms with Crippen molar-refractivity contribution < 1.29 is 0 Å². The lowest BCUT2D eigenvalue weighted by Gasteiger charge is -2.32. The second kappa shape index (κ2) is 15.2. The highest BCUT2D eigenvalue weighted by Gasteiger charge is 2.54. The Balaban J connectivity index is 0.000000134. The molecule has 4 aliphatic rings. The Kier molecular flexibility index (Phi) is 8.95. The SMILES string of the molecule is CN(C)c1cccc(-c2cccc3c2C2(c4ccccc4-c4ccccc42)c2ccccc2-3)c1.CN(C)c1ccccc1-c1cccc2c1C1(c3ccccc3-c3ccccc31)c1ccccc1-2. The summed E-state index contributed by atoms with van der Waals surface area (Å²) in [6, 6.07) is 85.4. The van der Waals surface area contributed by atoms with Crippen LogP contribution in [0.3, 0.4) is 0 Å². The quantitative estimate of drug-likeness (QED) is 0.174. The van der Waals surface area contributed by atoms with Crippen LogP contribution in [0.5, 0.6) is 0 Å². The zero-order valence-corrected chi connectivity index (χ0v) is 38.8. The number of fused-ring (bicyclic) bond motifs is 20. The van der Waals surface area contributed by atoms with E-state index in [4.69, 9.17) is 0 Å². The Labute approximate surface area is 400 Å². The number of anilines is 2. The molecule has 0 aromatic heterocycles. The van der Waals surface area contributed by atoms with Crippen LogP contribution in [0.15, 0.2) is 231 Å². The summed E-state index contributed by atoms with van der Waals surface area (Å²) in [5.74, 6) is 0. The first-order valence-electron chi connectivity index (χ1n) is 23.8. The molecule has 4 aliphatic carbocycles. The summed E-state index contributed by atoms with van der Waals surface area (Å²) in [4.78, 5) is 4.40. The summed E-state index contributed by atoms with van der Waals surface area (Å²) in [5.41, 5.74) is 28.8. The maximum absolute atomic E-state index is 2.34. The van der Waals surface area contributed by atoms with Crippen LogP contribution in [0, 0.1) is 0 Å². The smallest absolute Gasteiger partial charge is 0.0731 e. The number of hydrogen-bond donors (Lipinski definition) is 0. The molecule has 0 saturated heterocycles. The van der Waals surface area contributed by atoms with Crippen molar-refractivity contribution in [3.63, 3.8) is 0 Å². The minimum atomic E-state index is -0.324. The fourth-order valence-electron chi connectivity index (χ4n) is 12.8. The first-order valence-corrected chi connectivity index (χ1v) is 23.8. The Bertz CT molecular complexity index is 3540. The van der Waals surface area contributed by atoms with Gasteiger partial charge in [-0.1, -0.05) is 212 Å². The second-order valence-corrected chi connectivity index (χ2v) is 19.1. The zero-order chi connectivity index (χ0) is 45.7. The molecular weight excluding hydrogens is 821 g/mol. The van der Waals surface area contributed by atoms with E-state index in [1.807, 2.05) is 0 Å². The lowest BCUT2D eigenvalue weighted by molar-refractivity contribution is 0.795. The van der Waals surface area contributed by atoms with Crippen molar-refractivity contribution in [2.75, 3.05) is 38.0 Å². The normalized spacial score (nSPS) is 13.8. The van der Waals surface area contributed by atoms with Crippen LogP contribution < -0.4 is 9.80 Å². The molecule has 324 valence electrons. The Hall–Kier alpha value is -8.20. The van der Waals surface area contributed by atoms with Crippen LogP contribution in [0.1, 0.15) is 44.5 Å². The predicted molar refractivity (Wildman–Crippen MR) is 285 cm³/mol. The lowest BCUT2D eigenvalue weighted by atomic mass is 9.68. The molecule has 0 atom stereocenters. The van der Waals surface area contributed by atoms with Gasteiger partial charge in [-0.05, 0) is 124 Å². The van der Waals surface area contributed by atoms with Crippen molar-refractivity contribution in [3.8, 4) is 66.8 Å². The van der Waals surface area contributed by atoms with Crippen LogP contribution in [0.4, 0.5) is 11.4 Å². The van der Waals surface area contributed by atoms with E-state index in [1.165, 1.54) is 123 Å². The number of hydrogen-bond acceptors (Lipinski definition) is 2. The van der Waals surface area contributed by atoms with E-state index in [-0.39, 0.29) is 10.8 Å². The maximum atomic E-state index is 2.34. The Morgan fingerprint density at radius 2 is 0.544 bits per heavy atom. The molecule has 10 aromatic carbocycles. The van der Waals surface area contributed by atoms with Crippen molar-refractivity contribution in [1.82, 2.24) is 0 Å². The summed E-state index contributed by atoms with van der Waals surface area (Å²) in [6.07, 6.45) is 0. The molecule has 0 radical (unpaired) electrons. The van der Waals surface area contributed by atoms with Gasteiger partial charge in [-0.3, -0.25) is 0 Å². The molecular formula is C66H50N2. The van der Waals surface area contributed by atoms with E-state index >= 15 is 0 Å². The van der Waals surface area contributed by atoms with Crippen molar-refractivity contribution >= 4 is 11.4 Å². The number of benzene rings is 10. The van der Waals surface area contributed by atoms with Gasteiger partial charge in [-0.15, -0.1) is 0 Å². The molecule has 2 heteroatoms. The van der Waals surface area contributed by atoms with Gasteiger partial charge in [0.25, 0.3) is 0 Å². The summed E-state index contributed by atoms with van der Waals surface area (Å²) in [7, 11) is 8.48. The molecule has 2 spiro atoms. The van der Waals surface area contributed by atoms with Gasteiger partial charge >= 0.3 is 0 Å². The second-order valence-electron chi connectivity index (χ2n) is 19.1. The monoisotopic (exact) mass is 870 g/mol. The van der Waals surface area contributed by atoms with Gasteiger partial charge in [0.1, 0.15) is 0 Å². The first kappa shape index (κ1) is 40.1. The minimum Gasteiger partial charge on any atom is -0.378 e. The third kappa shape index (κ3) is 5.34. The molecule has 0 N–H and O–H groups in total. The molecule has 0 unspecified atom stereocenters. The molecule has 0 amide bonds. The summed E-state index contributed by atoms with van der Waals surface area (Å²) >= 11 is 0. The van der Waals surface area contributed by atoms with Gasteiger partial charge in [-0.25, -0.2) is 0 Å². The summed E-state index contributed by atoms with van der Waals surface area (Å²) in [6.45, 7) is 0. The third-order valence-electron chi connectivity index (χ3n) is 15.4. The first-order chi connectivity index (χ1) is 33.4. The van der Waals surface area contributed by atoms with Crippen molar-refractivity contribution in [2.24, 2.45) is 0 Å². The van der Waals surface area contributed by atoms with Gasteiger partial charge in [0.15, 0.2) is 0 Å².